The molecule has 1 aromatic heterocycles. The van der Waals surface area contributed by atoms with Gasteiger partial charge in [-0.1, -0.05) is 15.9 Å². The van der Waals surface area contributed by atoms with Gasteiger partial charge in [-0.25, -0.2) is 4.98 Å². The van der Waals surface area contributed by atoms with E-state index in [-0.39, 0.29) is 5.69 Å². The lowest BCUT2D eigenvalue weighted by atomic mass is 10.2. The van der Waals surface area contributed by atoms with E-state index in [2.05, 4.69) is 20.9 Å². The minimum atomic E-state index is -0.406. The Morgan fingerprint density at radius 1 is 1.50 bits per heavy atom. The fourth-order valence-electron chi connectivity index (χ4n) is 1.41. The molecule has 16 heavy (non-hydrogen) atoms. The third kappa shape index (κ3) is 1.96. The number of hydrogen-bond acceptors (Lipinski definition) is 3. The first-order valence-corrected chi connectivity index (χ1v) is 5.32. The molecule has 0 saturated carbocycles. The van der Waals surface area contributed by atoms with Crippen LogP contribution in [0.2, 0.25) is 0 Å². The van der Waals surface area contributed by atoms with Crippen LogP contribution in [0.25, 0.3) is 5.69 Å². The third-order valence-electron chi connectivity index (χ3n) is 2.12. The Bertz CT molecular complexity index is 551. The van der Waals surface area contributed by atoms with Gasteiger partial charge in [0.1, 0.15) is 5.69 Å². The predicted molar refractivity (Wildman–Crippen MR) is 62.7 cm³/mol. The fraction of sp³-hybridized carbons (Fsp3) is 0.100. The van der Waals surface area contributed by atoms with E-state index in [1.54, 1.807) is 29.2 Å². The second-order valence-electron chi connectivity index (χ2n) is 3.31. The summed E-state index contributed by atoms with van der Waals surface area (Å²) in [4.78, 5) is 14.5. The molecule has 82 valence electrons. The molecular formula is C10H8BrN3O2. The van der Waals surface area contributed by atoms with Crippen LogP contribution in [0, 0.1) is 17.0 Å². The Morgan fingerprint density at radius 2 is 2.25 bits per heavy atom. The van der Waals surface area contributed by atoms with Crippen LogP contribution in [0.15, 0.2) is 35.2 Å². The second-order valence-corrected chi connectivity index (χ2v) is 4.23. The molecule has 0 radical (unpaired) electrons. The summed E-state index contributed by atoms with van der Waals surface area (Å²) in [6, 6.07) is 4.80. The van der Waals surface area contributed by atoms with Gasteiger partial charge < -0.3 is 0 Å². The van der Waals surface area contributed by atoms with E-state index < -0.39 is 4.92 Å². The van der Waals surface area contributed by atoms with Crippen LogP contribution in [0.4, 0.5) is 5.69 Å². The molecule has 0 fully saturated rings. The second kappa shape index (κ2) is 4.05. The van der Waals surface area contributed by atoms with Crippen molar-refractivity contribution in [1.82, 2.24) is 9.55 Å². The van der Waals surface area contributed by atoms with Gasteiger partial charge in [-0.3, -0.25) is 14.7 Å². The number of aryl methyl sites for hydroxylation is 1. The van der Waals surface area contributed by atoms with E-state index in [0.717, 1.165) is 10.2 Å². The molecule has 5 nitrogen and oxygen atoms in total. The van der Waals surface area contributed by atoms with Crippen LogP contribution in [-0.4, -0.2) is 14.5 Å². The maximum Gasteiger partial charge on any atom is 0.293 e. The lowest BCUT2D eigenvalue weighted by Gasteiger charge is -2.03. The summed E-state index contributed by atoms with van der Waals surface area (Å²) in [6.07, 6.45) is 3.30. The molecule has 0 amide bonds. The number of imidazole rings is 1. The van der Waals surface area contributed by atoms with Gasteiger partial charge in [-0.05, 0) is 19.1 Å². The molecule has 0 aliphatic carbocycles. The van der Waals surface area contributed by atoms with Crippen LogP contribution >= 0.6 is 15.9 Å². The van der Waals surface area contributed by atoms with Gasteiger partial charge in [-0.2, -0.15) is 0 Å². The number of hydrogen-bond donors (Lipinski definition) is 0. The molecule has 0 aliphatic heterocycles. The Hall–Kier alpha value is -1.69. The average molecular weight is 282 g/mol. The minimum Gasteiger partial charge on any atom is -0.300 e. The maximum absolute atomic E-state index is 10.9. The summed E-state index contributed by atoms with van der Waals surface area (Å²) in [7, 11) is 0. The van der Waals surface area contributed by atoms with E-state index in [1.165, 1.54) is 6.07 Å². The first kappa shape index (κ1) is 10.8. The van der Waals surface area contributed by atoms with Crippen molar-refractivity contribution in [1.29, 1.82) is 0 Å². The Balaban J connectivity index is 2.62. The summed E-state index contributed by atoms with van der Waals surface area (Å²) < 4.78 is 2.43. The highest BCUT2D eigenvalue weighted by Gasteiger charge is 2.15. The van der Waals surface area contributed by atoms with E-state index in [0.29, 0.717) is 5.69 Å². The fourth-order valence-corrected chi connectivity index (χ4v) is 1.76. The van der Waals surface area contributed by atoms with Crippen LogP contribution in [-0.2, 0) is 0 Å². The number of nitro groups is 1. The predicted octanol–water partition coefficient (Wildman–Crippen LogP) is 2.85. The molecule has 0 bridgehead atoms. The van der Waals surface area contributed by atoms with Crippen molar-refractivity contribution < 1.29 is 4.92 Å². The molecule has 2 aromatic rings. The van der Waals surface area contributed by atoms with Crippen molar-refractivity contribution >= 4 is 21.6 Å². The monoisotopic (exact) mass is 281 g/mol. The Morgan fingerprint density at radius 3 is 2.81 bits per heavy atom. The molecule has 1 aromatic carbocycles. The zero-order valence-corrected chi connectivity index (χ0v) is 10.0. The van der Waals surface area contributed by atoms with Crippen molar-refractivity contribution in [3.63, 3.8) is 0 Å². The third-order valence-corrected chi connectivity index (χ3v) is 2.62. The van der Waals surface area contributed by atoms with E-state index >= 15 is 0 Å². The Kier molecular flexibility index (Phi) is 2.74. The SMILES string of the molecule is Cc1cn(-c2cc(Br)ccc2[N+](=O)[O-])cn1. The molecule has 2 rings (SSSR count). The number of nitro benzene ring substituents is 1. The van der Waals surface area contributed by atoms with E-state index in [4.69, 9.17) is 0 Å². The van der Waals surface area contributed by atoms with E-state index in [9.17, 15) is 10.1 Å². The first-order valence-electron chi connectivity index (χ1n) is 4.53. The van der Waals surface area contributed by atoms with Gasteiger partial charge in [0.2, 0.25) is 0 Å². The minimum absolute atomic E-state index is 0.0561. The van der Waals surface area contributed by atoms with Crippen molar-refractivity contribution in [2.45, 2.75) is 6.92 Å². The van der Waals surface area contributed by atoms with Crippen LogP contribution < -0.4 is 0 Å². The lowest BCUT2D eigenvalue weighted by molar-refractivity contribution is -0.384. The molecule has 0 saturated heterocycles. The van der Waals surface area contributed by atoms with E-state index in [1.807, 2.05) is 6.92 Å². The molecule has 0 unspecified atom stereocenters. The highest BCUT2D eigenvalue weighted by molar-refractivity contribution is 9.10. The molecular weight excluding hydrogens is 274 g/mol. The number of rotatable bonds is 2. The number of benzene rings is 1. The molecule has 0 N–H and O–H groups in total. The molecule has 0 spiro atoms. The lowest BCUT2D eigenvalue weighted by Crippen LogP contribution is -1.98. The topological polar surface area (TPSA) is 61.0 Å². The number of halogens is 1. The zero-order valence-electron chi connectivity index (χ0n) is 8.42. The van der Waals surface area contributed by atoms with Gasteiger partial charge >= 0.3 is 0 Å². The first-order chi connectivity index (χ1) is 7.58. The van der Waals surface area contributed by atoms with Crippen LogP contribution in [0.1, 0.15) is 5.69 Å². The number of aromatic nitrogens is 2. The van der Waals surface area contributed by atoms with Gasteiger partial charge in [0.25, 0.3) is 5.69 Å². The smallest absolute Gasteiger partial charge is 0.293 e. The summed E-state index contributed by atoms with van der Waals surface area (Å²) in [5.41, 5.74) is 1.37. The zero-order chi connectivity index (χ0) is 11.7. The summed E-state index contributed by atoms with van der Waals surface area (Å²) >= 11 is 3.29. The molecule has 0 atom stereocenters. The standard InChI is InChI=1S/C10H8BrN3O2/c1-7-5-13(6-12-7)10-4-8(11)2-3-9(10)14(15)16/h2-6H,1H3. The van der Waals surface area contributed by atoms with Crippen LogP contribution in [0.5, 0.6) is 0 Å². The van der Waals surface area contributed by atoms with Crippen LogP contribution in [0.3, 0.4) is 0 Å². The maximum atomic E-state index is 10.9. The highest BCUT2D eigenvalue weighted by atomic mass is 79.9. The van der Waals surface area contributed by atoms with Gasteiger partial charge in [0.05, 0.1) is 16.9 Å². The van der Waals surface area contributed by atoms with Gasteiger partial charge in [0, 0.05) is 16.7 Å². The van der Waals surface area contributed by atoms with Crippen molar-refractivity contribution in [2.75, 3.05) is 0 Å². The summed E-state index contributed by atoms with van der Waals surface area (Å²) in [5, 5.41) is 10.9. The Labute approximate surface area is 100 Å². The summed E-state index contributed by atoms with van der Waals surface area (Å²) in [6.45, 7) is 1.83. The molecule has 0 aliphatic rings. The largest absolute Gasteiger partial charge is 0.300 e. The molecule has 6 heteroatoms. The molecule has 1 heterocycles. The number of nitrogens with zero attached hydrogens (tertiary/aromatic N) is 3. The van der Waals surface area contributed by atoms with Crippen molar-refractivity contribution in [3.05, 3.63) is 51.0 Å². The highest BCUT2D eigenvalue weighted by Crippen LogP contribution is 2.26. The quantitative estimate of drug-likeness (QED) is 0.628. The normalized spacial score (nSPS) is 10.4. The average Bonchev–Trinajstić information content (AvgIpc) is 2.64. The van der Waals surface area contributed by atoms with Crippen molar-refractivity contribution in [3.8, 4) is 5.69 Å². The summed E-state index contributed by atoms with van der Waals surface area (Å²) in [5.74, 6) is 0. The van der Waals surface area contributed by atoms with Gasteiger partial charge in [0.15, 0.2) is 0 Å². The van der Waals surface area contributed by atoms with Gasteiger partial charge in [-0.15, -0.1) is 0 Å². The van der Waals surface area contributed by atoms with Crippen molar-refractivity contribution in [2.24, 2.45) is 0 Å².